The maximum atomic E-state index is 12.7. The molecule has 3 rings (SSSR count). The van der Waals surface area contributed by atoms with E-state index < -0.39 is 11.2 Å². The summed E-state index contributed by atoms with van der Waals surface area (Å²) < 4.78 is 0. The first-order valence-electron chi connectivity index (χ1n) is 9.40. The molecule has 0 radical (unpaired) electrons. The third-order valence-electron chi connectivity index (χ3n) is 5.05. The smallest absolute Gasteiger partial charge is 0.325 e. The van der Waals surface area contributed by atoms with Crippen LogP contribution in [0.4, 0.5) is 0 Å². The Morgan fingerprint density at radius 3 is 2.61 bits per heavy atom. The molecule has 148 valence electrons. The first kappa shape index (κ1) is 19.6. The normalized spacial score (nSPS) is 17.5. The molecule has 2 aromatic rings. The van der Waals surface area contributed by atoms with E-state index in [-0.39, 0.29) is 36.3 Å². The maximum Gasteiger partial charge on any atom is 0.325 e. The lowest BCUT2D eigenvalue weighted by molar-refractivity contribution is -0.133. The lowest BCUT2D eigenvalue weighted by Gasteiger charge is -2.31. The van der Waals surface area contributed by atoms with Gasteiger partial charge in [-0.25, -0.2) is 4.79 Å². The Morgan fingerprint density at radius 1 is 1.18 bits per heavy atom. The number of carbonyl (C=O) groups excluding carboxylic acids is 2. The first-order valence-corrected chi connectivity index (χ1v) is 9.40. The minimum atomic E-state index is -0.607. The van der Waals surface area contributed by atoms with Gasteiger partial charge in [-0.15, -0.1) is 0 Å². The Morgan fingerprint density at radius 2 is 1.93 bits per heavy atom. The molecule has 0 saturated carbocycles. The Balaban J connectivity index is 1.74. The number of nitrogens with zero attached hydrogens (tertiary/aromatic N) is 2. The number of aromatic amines is 2. The topological polar surface area (TPSA) is 106 Å². The number of benzene rings is 1. The summed E-state index contributed by atoms with van der Waals surface area (Å²) in [7, 11) is 0. The summed E-state index contributed by atoms with van der Waals surface area (Å²) in [6, 6.07) is 9.69. The van der Waals surface area contributed by atoms with Crippen LogP contribution in [0.3, 0.4) is 0 Å². The summed E-state index contributed by atoms with van der Waals surface area (Å²) in [5.74, 6) is -0.210. The molecule has 1 aliphatic rings. The highest BCUT2D eigenvalue weighted by Gasteiger charge is 2.30. The van der Waals surface area contributed by atoms with E-state index in [9.17, 15) is 19.2 Å². The van der Waals surface area contributed by atoms with Crippen LogP contribution < -0.4 is 11.2 Å². The molecule has 0 aliphatic carbocycles. The van der Waals surface area contributed by atoms with E-state index >= 15 is 0 Å². The highest BCUT2D eigenvalue weighted by molar-refractivity contribution is 5.81. The van der Waals surface area contributed by atoms with Crippen LogP contribution in [-0.4, -0.2) is 50.7 Å². The number of nitrogens with one attached hydrogen (secondary N) is 2. The van der Waals surface area contributed by atoms with E-state index in [0.29, 0.717) is 19.6 Å². The molecular formula is C20H24N4O4. The van der Waals surface area contributed by atoms with Crippen molar-refractivity contribution in [2.24, 2.45) is 0 Å². The number of aromatic nitrogens is 2. The largest absolute Gasteiger partial charge is 0.340 e. The Labute approximate surface area is 162 Å². The van der Waals surface area contributed by atoms with Crippen LogP contribution in [0.2, 0.25) is 0 Å². The third kappa shape index (κ3) is 4.57. The van der Waals surface area contributed by atoms with Crippen LogP contribution in [-0.2, 0) is 22.6 Å². The average molecular weight is 384 g/mol. The summed E-state index contributed by atoms with van der Waals surface area (Å²) in [6.45, 7) is 3.26. The number of hydrogen-bond donors (Lipinski definition) is 2. The second-order valence-corrected chi connectivity index (χ2v) is 6.93. The SMILES string of the molecule is CC[C@H]1CN(C(=O)Cc2c[nH]c(=O)[nH]c2=O)CCC(=O)N1Cc1ccccc1. The third-order valence-corrected chi connectivity index (χ3v) is 5.05. The second-order valence-electron chi connectivity index (χ2n) is 6.93. The number of rotatable bonds is 5. The number of hydrogen-bond acceptors (Lipinski definition) is 4. The molecule has 1 aromatic heterocycles. The summed E-state index contributed by atoms with van der Waals surface area (Å²) in [5.41, 5.74) is 0.0770. The molecule has 2 amide bonds. The molecule has 8 nitrogen and oxygen atoms in total. The molecule has 2 N–H and O–H groups in total. The molecule has 0 bridgehead atoms. The van der Waals surface area contributed by atoms with Gasteiger partial charge in [0.1, 0.15) is 0 Å². The number of amides is 2. The highest BCUT2D eigenvalue weighted by Crippen LogP contribution is 2.18. The zero-order valence-electron chi connectivity index (χ0n) is 15.8. The van der Waals surface area contributed by atoms with E-state index in [1.165, 1.54) is 6.20 Å². The number of H-pyrrole nitrogens is 2. The predicted molar refractivity (Wildman–Crippen MR) is 104 cm³/mol. The summed E-state index contributed by atoms with van der Waals surface area (Å²) in [4.78, 5) is 56.4. The van der Waals surface area contributed by atoms with Crippen molar-refractivity contribution < 1.29 is 9.59 Å². The minimum Gasteiger partial charge on any atom is -0.340 e. The van der Waals surface area contributed by atoms with Gasteiger partial charge in [0.15, 0.2) is 0 Å². The summed E-state index contributed by atoms with van der Waals surface area (Å²) >= 11 is 0. The monoisotopic (exact) mass is 384 g/mol. The first-order chi connectivity index (χ1) is 13.5. The van der Waals surface area contributed by atoms with Gasteiger partial charge < -0.3 is 14.8 Å². The van der Waals surface area contributed by atoms with E-state index in [1.807, 2.05) is 42.2 Å². The van der Waals surface area contributed by atoms with Gasteiger partial charge in [-0.3, -0.25) is 19.4 Å². The van der Waals surface area contributed by atoms with Crippen molar-refractivity contribution in [3.8, 4) is 0 Å². The van der Waals surface area contributed by atoms with Crippen molar-refractivity contribution in [3.05, 3.63) is 68.5 Å². The van der Waals surface area contributed by atoms with Crippen LogP contribution in [0, 0.1) is 0 Å². The number of carbonyl (C=O) groups is 2. The summed E-state index contributed by atoms with van der Waals surface area (Å²) in [5, 5.41) is 0. The molecule has 28 heavy (non-hydrogen) atoms. The van der Waals surface area contributed by atoms with E-state index in [1.54, 1.807) is 4.90 Å². The van der Waals surface area contributed by atoms with Crippen LogP contribution in [0.15, 0.2) is 46.1 Å². The van der Waals surface area contributed by atoms with Gasteiger partial charge in [-0.05, 0) is 12.0 Å². The lowest BCUT2D eigenvalue weighted by atomic mass is 10.1. The highest BCUT2D eigenvalue weighted by atomic mass is 16.2. The van der Waals surface area contributed by atoms with E-state index in [4.69, 9.17) is 0 Å². The predicted octanol–water partition coefficient (Wildman–Crippen LogP) is 0.645. The Kier molecular flexibility index (Phi) is 6.08. The molecule has 1 saturated heterocycles. The van der Waals surface area contributed by atoms with Gasteiger partial charge in [0.05, 0.1) is 6.42 Å². The van der Waals surface area contributed by atoms with Gasteiger partial charge in [-0.2, -0.15) is 0 Å². The van der Waals surface area contributed by atoms with Crippen molar-refractivity contribution in [3.63, 3.8) is 0 Å². The molecule has 1 fully saturated rings. The fraction of sp³-hybridized carbons (Fsp3) is 0.400. The second kappa shape index (κ2) is 8.69. The van der Waals surface area contributed by atoms with Gasteiger partial charge in [0.25, 0.3) is 5.56 Å². The lowest BCUT2D eigenvalue weighted by Crippen LogP contribution is -2.44. The maximum absolute atomic E-state index is 12.7. The molecule has 0 spiro atoms. The fourth-order valence-electron chi connectivity index (χ4n) is 3.44. The zero-order chi connectivity index (χ0) is 20.1. The van der Waals surface area contributed by atoms with E-state index in [0.717, 1.165) is 12.0 Å². The van der Waals surface area contributed by atoms with Crippen LogP contribution in [0.5, 0.6) is 0 Å². The fourth-order valence-corrected chi connectivity index (χ4v) is 3.44. The van der Waals surface area contributed by atoms with E-state index in [2.05, 4.69) is 9.97 Å². The molecule has 8 heteroatoms. The van der Waals surface area contributed by atoms with Crippen molar-refractivity contribution >= 4 is 11.8 Å². The van der Waals surface area contributed by atoms with Crippen molar-refractivity contribution in [1.29, 1.82) is 0 Å². The zero-order valence-corrected chi connectivity index (χ0v) is 15.8. The molecule has 2 heterocycles. The van der Waals surface area contributed by atoms with Crippen LogP contribution in [0.25, 0.3) is 0 Å². The standard InChI is InChI=1S/C20H24N4O4/c1-2-16-13-23(18(26)10-15-11-21-20(28)22-19(15)27)9-8-17(25)24(16)12-14-6-4-3-5-7-14/h3-7,11,16H,2,8-10,12-13H2,1H3,(H2,21,22,27,28)/t16-/m0/s1. The Bertz CT molecular complexity index is 950. The van der Waals surface area contributed by atoms with Gasteiger partial charge >= 0.3 is 5.69 Å². The van der Waals surface area contributed by atoms with Gasteiger partial charge in [0.2, 0.25) is 11.8 Å². The minimum absolute atomic E-state index is 0.0212. The van der Waals surface area contributed by atoms with Crippen molar-refractivity contribution in [1.82, 2.24) is 19.8 Å². The quantitative estimate of drug-likeness (QED) is 0.789. The Hall–Kier alpha value is -3.16. The summed E-state index contributed by atoms with van der Waals surface area (Å²) in [6.07, 6.45) is 2.12. The molecule has 0 unspecified atom stereocenters. The van der Waals surface area contributed by atoms with Crippen molar-refractivity contribution in [2.45, 2.75) is 38.8 Å². The molecule has 1 aliphatic heterocycles. The van der Waals surface area contributed by atoms with Crippen molar-refractivity contribution in [2.75, 3.05) is 13.1 Å². The molecule has 1 atom stereocenters. The molecule has 1 aromatic carbocycles. The van der Waals surface area contributed by atoms with Crippen LogP contribution in [0.1, 0.15) is 30.9 Å². The van der Waals surface area contributed by atoms with Gasteiger partial charge in [0, 0.05) is 43.9 Å². The van der Waals surface area contributed by atoms with Crippen LogP contribution >= 0.6 is 0 Å². The average Bonchev–Trinajstić information content (AvgIpc) is 2.84. The van der Waals surface area contributed by atoms with Gasteiger partial charge in [-0.1, -0.05) is 37.3 Å². The molecular weight excluding hydrogens is 360 g/mol.